The lowest BCUT2D eigenvalue weighted by atomic mass is 10.1. The van der Waals surface area contributed by atoms with E-state index in [4.69, 9.17) is 9.15 Å². The van der Waals surface area contributed by atoms with E-state index in [1.54, 1.807) is 18.1 Å². The summed E-state index contributed by atoms with van der Waals surface area (Å²) in [5.74, 6) is 1.89. The minimum atomic E-state index is -0.596. The van der Waals surface area contributed by atoms with Gasteiger partial charge in [-0.2, -0.15) is 4.80 Å². The minimum absolute atomic E-state index is 0.107. The van der Waals surface area contributed by atoms with Gasteiger partial charge >= 0.3 is 0 Å². The average Bonchev–Trinajstić information content (AvgIpc) is 3.64. The smallest absolute Gasteiger partial charge is 0.247 e. The normalized spacial score (nSPS) is 14.5. The van der Waals surface area contributed by atoms with Gasteiger partial charge in [0.15, 0.2) is 5.76 Å². The molecule has 2 heterocycles. The van der Waals surface area contributed by atoms with Gasteiger partial charge in [0.2, 0.25) is 17.6 Å². The second-order valence-electron chi connectivity index (χ2n) is 9.22. The molecule has 1 fully saturated rings. The first kappa shape index (κ1) is 25.4. The largest absolute Gasteiger partial charge is 0.497 e. The third-order valence-electron chi connectivity index (χ3n) is 6.47. The number of amides is 2. The van der Waals surface area contributed by atoms with Crippen molar-refractivity contribution in [2.45, 2.75) is 77.5 Å². The van der Waals surface area contributed by atoms with Gasteiger partial charge in [-0.05, 0) is 61.2 Å². The van der Waals surface area contributed by atoms with Crippen molar-refractivity contribution < 1.29 is 18.7 Å². The number of hydrogen-bond acceptors (Lipinski definition) is 7. The second kappa shape index (κ2) is 11.8. The summed E-state index contributed by atoms with van der Waals surface area (Å²) in [6.07, 6.45) is 5.52. The molecule has 1 saturated carbocycles. The van der Waals surface area contributed by atoms with Gasteiger partial charge in [-0.15, -0.1) is 10.2 Å². The number of hydrogen-bond donors (Lipinski definition) is 1. The molecule has 1 aromatic carbocycles. The number of tetrazole rings is 1. The van der Waals surface area contributed by atoms with E-state index in [9.17, 15) is 9.59 Å². The van der Waals surface area contributed by atoms with E-state index in [1.165, 1.54) is 4.80 Å². The SMILES string of the molecule is CCCC(C(=O)NC1CCCC1)N(Cc1ccc(OC)cc1)C(=O)Cn1nnc(-c2ccc(C)o2)n1. The number of rotatable bonds is 11. The highest BCUT2D eigenvalue weighted by atomic mass is 16.5. The summed E-state index contributed by atoms with van der Waals surface area (Å²) in [5, 5.41) is 15.6. The van der Waals surface area contributed by atoms with Crippen LogP contribution in [0.5, 0.6) is 5.75 Å². The van der Waals surface area contributed by atoms with Gasteiger partial charge in [0, 0.05) is 12.6 Å². The summed E-state index contributed by atoms with van der Waals surface area (Å²) in [5.41, 5.74) is 0.900. The van der Waals surface area contributed by atoms with Gasteiger partial charge in [0.1, 0.15) is 24.1 Å². The molecule has 1 aliphatic carbocycles. The fourth-order valence-corrected chi connectivity index (χ4v) is 4.54. The molecule has 2 amide bonds. The van der Waals surface area contributed by atoms with Crippen molar-refractivity contribution in [2.75, 3.05) is 7.11 Å². The summed E-state index contributed by atoms with van der Waals surface area (Å²) >= 11 is 0. The van der Waals surface area contributed by atoms with E-state index in [-0.39, 0.29) is 30.9 Å². The molecular weight excluding hydrogens is 460 g/mol. The molecule has 192 valence electrons. The van der Waals surface area contributed by atoms with Crippen molar-refractivity contribution in [3.05, 3.63) is 47.7 Å². The highest BCUT2D eigenvalue weighted by Gasteiger charge is 2.31. The summed E-state index contributed by atoms with van der Waals surface area (Å²) in [6.45, 7) is 3.99. The van der Waals surface area contributed by atoms with Crippen LogP contribution >= 0.6 is 0 Å². The van der Waals surface area contributed by atoms with Crippen molar-refractivity contribution in [3.63, 3.8) is 0 Å². The Labute approximate surface area is 211 Å². The van der Waals surface area contributed by atoms with E-state index < -0.39 is 6.04 Å². The summed E-state index contributed by atoms with van der Waals surface area (Å²) in [7, 11) is 1.61. The van der Waals surface area contributed by atoms with Crippen LogP contribution < -0.4 is 10.1 Å². The molecule has 36 heavy (non-hydrogen) atoms. The van der Waals surface area contributed by atoms with Crippen molar-refractivity contribution >= 4 is 11.8 Å². The molecule has 2 aromatic heterocycles. The van der Waals surface area contributed by atoms with Gasteiger partial charge in [0.25, 0.3) is 0 Å². The predicted molar refractivity (Wildman–Crippen MR) is 133 cm³/mol. The highest BCUT2D eigenvalue weighted by Crippen LogP contribution is 2.21. The number of benzene rings is 1. The molecule has 1 aliphatic rings. The molecule has 0 radical (unpaired) electrons. The summed E-state index contributed by atoms with van der Waals surface area (Å²) < 4.78 is 10.8. The third-order valence-corrected chi connectivity index (χ3v) is 6.47. The van der Waals surface area contributed by atoms with Crippen LogP contribution in [0.1, 0.15) is 56.8 Å². The van der Waals surface area contributed by atoms with Gasteiger partial charge in [-0.3, -0.25) is 9.59 Å². The molecule has 3 aromatic rings. The molecule has 0 saturated heterocycles. The first-order chi connectivity index (χ1) is 17.5. The number of furan rings is 1. The molecule has 0 aliphatic heterocycles. The van der Waals surface area contributed by atoms with Crippen LogP contribution in [0.25, 0.3) is 11.6 Å². The number of ether oxygens (including phenoxy) is 1. The topological polar surface area (TPSA) is 115 Å². The van der Waals surface area contributed by atoms with Crippen LogP contribution in [-0.4, -0.2) is 56.1 Å². The van der Waals surface area contributed by atoms with Crippen LogP contribution in [-0.2, 0) is 22.7 Å². The van der Waals surface area contributed by atoms with Crippen molar-refractivity contribution in [2.24, 2.45) is 0 Å². The zero-order valence-corrected chi connectivity index (χ0v) is 21.1. The van der Waals surface area contributed by atoms with Gasteiger partial charge in [0.05, 0.1) is 7.11 Å². The Morgan fingerprint density at radius 3 is 2.58 bits per heavy atom. The molecule has 4 rings (SSSR count). The number of carbonyl (C=O) groups excluding carboxylic acids is 2. The predicted octanol–water partition coefficient (Wildman–Crippen LogP) is 3.51. The molecule has 1 atom stereocenters. The average molecular weight is 495 g/mol. The minimum Gasteiger partial charge on any atom is -0.497 e. The van der Waals surface area contributed by atoms with Crippen molar-refractivity contribution in [1.82, 2.24) is 30.4 Å². The number of nitrogens with one attached hydrogen (secondary N) is 1. The highest BCUT2D eigenvalue weighted by molar-refractivity contribution is 5.87. The Balaban J connectivity index is 1.55. The summed E-state index contributed by atoms with van der Waals surface area (Å²) in [4.78, 5) is 29.9. The lowest BCUT2D eigenvalue weighted by Crippen LogP contribution is -2.52. The Morgan fingerprint density at radius 1 is 1.19 bits per heavy atom. The van der Waals surface area contributed by atoms with Gasteiger partial charge in [-0.1, -0.05) is 38.3 Å². The summed E-state index contributed by atoms with van der Waals surface area (Å²) in [6, 6.07) is 10.7. The van der Waals surface area contributed by atoms with Crippen LogP contribution in [0.4, 0.5) is 0 Å². The number of carbonyl (C=O) groups is 2. The standard InChI is InChI=1S/C26H34N6O4/c1-4-7-22(26(34)27-20-8-5-6-9-20)31(16-19-11-13-21(35-3)14-12-19)24(33)17-32-29-25(28-30-32)23-15-10-18(2)36-23/h10-15,20,22H,4-9,16-17H2,1-3H3,(H,27,34). The fraction of sp³-hybridized carbons (Fsp3) is 0.500. The fourth-order valence-electron chi connectivity index (χ4n) is 4.54. The third kappa shape index (κ3) is 6.30. The molecule has 0 spiro atoms. The van der Waals surface area contributed by atoms with E-state index in [0.717, 1.165) is 49.2 Å². The number of methoxy groups -OCH3 is 1. The molecule has 10 nitrogen and oxygen atoms in total. The van der Waals surface area contributed by atoms with Gasteiger partial charge < -0.3 is 19.4 Å². The molecule has 1 unspecified atom stereocenters. The first-order valence-electron chi connectivity index (χ1n) is 12.5. The zero-order chi connectivity index (χ0) is 25.5. The van der Waals surface area contributed by atoms with Crippen LogP contribution in [0.3, 0.4) is 0 Å². The van der Waals surface area contributed by atoms with Gasteiger partial charge in [-0.25, -0.2) is 0 Å². The lowest BCUT2D eigenvalue weighted by molar-refractivity contribution is -0.142. The maximum Gasteiger partial charge on any atom is 0.247 e. The van der Waals surface area contributed by atoms with E-state index in [2.05, 4.69) is 20.7 Å². The van der Waals surface area contributed by atoms with Crippen molar-refractivity contribution in [3.8, 4) is 17.3 Å². The Kier molecular flexibility index (Phi) is 8.35. The van der Waals surface area contributed by atoms with E-state index >= 15 is 0 Å². The maximum absolute atomic E-state index is 13.6. The Bertz CT molecular complexity index is 1150. The zero-order valence-electron chi connectivity index (χ0n) is 21.1. The van der Waals surface area contributed by atoms with Crippen LogP contribution in [0, 0.1) is 6.92 Å². The number of aryl methyl sites for hydroxylation is 1. The Morgan fingerprint density at radius 2 is 1.94 bits per heavy atom. The lowest BCUT2D eigenvalue weighted by Gasteiger charge is -2.32. The molecule has 0 bridgehead atoms. The van der Waals surface area contributed by atoms with Crippen molar-refractivity contribution in [1.29, 1.82) is 0 Å². The van der Waals surface area contributed by atoms with Crippen LogP contribution in [0.15, 0.2) is 40.8 Å². The molecular formula is C26H34N6O4. The quantitative estimate of drug-likeness (QED) is 0.434. The van der Waals surface area contributed by atoms with E-state index in [0.29, 0.717) is 18.0 Å². The first-order valence-corrected chi connectivity index (χ1v) is 12.5. The number of aromatic nitrogens is 4. The monoisotopic (exact) mass is 494 g/mol. The molecule has 10 heteroatoms. The van der Waals surface area contributed by atoms with Crippen LogP contribution in [0.2, 0.25) is 0 Å². The Hall–Kier alpha value is -3.69. The second-order valence-corrected chi connectivity index (χ2v) is 9.22. The van der Waals surface area contributed by atoms with E-state index in [1.807, 2.05) is 44.2 Å². The number of nitrogens with zero attached hydrogens (tertiary/aromatic N) is 5. The maximum atomic E-state index is 13.6. The molecule has 1 N–H and O–H groups in total.